The fourth-order valence-corrected chi connectivity index (χ4v) is 3.12. The van der Waals surface area contributed by atoms with Crippen LogP contribution in [0.4, 0.5) is 0 Å². The number of pyridine rings is 1. The average Bonchev–Trinajstić information content (AvgIpc) is 3.06. The highest BCUT2D eigenvalue weighted by Gasteiger charge is 2.19. The molecule has 0 unspecified atom stereocenters. The monoisotopic (exact) mass is 308 g/mol. The van der Waals surface area contributed by atoms with Crippen molar-refractivity contribution in [2.45, 2.75) is 18.8 Å². The summed E-state index contributed by atoms with van der Waals surface area (Å²) in [7, 11) is 1.68. The van der Waals surface area contributed by atoms with E-state index in [9.17, 15) is 0 Å². The zero-order chi connectivity index (χ0) is 15.6. The van der Waals surface area contributed by atoms with Gasteiger partial charge in [0.1, 0.15) is 5.75 Å². The van der Waals surface area contributed by atoms with Crippen molar-refractivity contribution in [3.05, 3.63) is 48.4 Å². The van der Waals surface area contributed by atoms with Crippen LogP contribution in [0.3, 0.4) is 0 Å². The molecule has 1 aliphatic rings. The number of fused-ring (bicyclic) bond motifs is 1. The number of benzene rings is 1. The number of ether oxygens (including phenoxy) is 1. The van der Waals surface area contributed by atoms with Crippen molar-refractivity contribution in [2.24, 2.45) is 0 Å². The lowest BCUT2D eigenvalue weighted by Crippen LogP contribution is -2.28. The molecular weight excluding hydrogens is 288 g/mol. The van der Waals surface area contributed by atoms with E-state index in [1.54, 1.807) is 7.11 Å². The number of piperidine rings is 1. The van der Waals surface area contributed by atoms with Gasteiger partial charge in [-0.05, 0) is 49.2 Å². The van der Waals surface area contributed by atoms with Crippen LogP contribution in [0.1, 0.15) is 24.6 Å². The van der Waals surface area contributed by atoms with Crippen molar-refractivity contribution in [1.29, 1.82) is 0 Å². The Morgan fingerprint density at radius 1 is 1.22 bits per heavy atom. The Hall–Kier alpha value is -2.40. The van der Waals surface area contributed by atoms with Crippen LogP contribution < -0.4 is 10.1 Å². The zero-order valence-corrected chi connectivity index (χ0v) is 13.2. The highest BCUT2D eigenvalue weighted by molar-refractivity contribution is 5.65. The highest BCUT2D eigenvalue weighted by atomic mass is 16.5. The summed E-state index contributed by atoms with van der Waals surface area (Å²) >= 11 is 0. The smallest absolute Gasteiger partial charge is 0.156 e. The third kappa shape index (κ3) is 2.80. The van der Waals surface area contributed by atoms with Crippen molar-refractivity contribution < 1.29 is 4.74 Å². The molecule has 1 atom stereocenters. The summed E-state index contributed by atoms with van der Waals surface area (Å²) in [6, 6.07) is 12.2. The molecule has 1 saturated heterocycles. The minimum Gasteiger partial charge on any atom is -0.497 e. The Balaban J connectivity index is 1.69. The second-order valence-corrected chi connectivity index (χ2v) is 5.97. The number of hydrogen-bond donors (Lipinski definition) is 1. The predicted octanol–water partition coefficient (Wildman–Crippen LogP) is 2.87. The Morgan fingerprint density at radius 2 is 2.17 bits per heavy atom. The van der Waals surface area contributed by atoms with Gasteiger partial charge in [-0.3, -0.25) is 0 Å². The van der Waals surface area contributed by atoms with Crippen molar-refractivity contribution >= 4 is 5.65 Å². The van der Waals surface area contributed by atoms with Crippen molar-refractivity contribution in [3.63, 3.8) is 0 Å². The molecule has 3 heterocycles. The molecule has 1 aliphatic heterocycles. The third-order valence-electron chi connectivity index (χ3n) is 4.41. The second-order valence-electron chi connectivity index (χ2n) is 5.97. The van der Waals surface area contributed by atoms with E-state index >= 15 is 0 Å². The first-order chi connectivity index (χ1) is 11.3. The molecule has 1 aromatic carbocycles. The van der Waals surface area contributed by atoms with Crippen LogP contribution in [-0.4, -0.2) is 34.8 Å². The molecular formula is C18H20N4O. The second kappa shape index (κ2) is 6.01. The first-order valence-corrected chi connectivity index (χ1v) is 8.05. The molecule has 5 nitrogen and oxygen atoms in total. The molecule has 0 spiro atoms. The first kappa shape index (κ1) is 14.2. The first-order valence-electron chi connectivity index (χ1n) is 8.05. The maximum atomic E-state index is 5.31. The Kier molecular flexibility index (Phi) is 3.71. The standard InChI is InChI=1S/C18H20N4O/c1-23-16-6-2-4-13(10-16)15-7-8-17-20-18(21-22(17)12-15)14-5-3-9-19-11-14/h2,4,6-8,10,12,14,19H,3,5,9,11H2,1H3/t14-/m0/s1. The van der Waals surface area contributed by atoms with Crippen molar-refractivity contribution in [3.8, 4) is 16.9 Å². The van der Waals surface area contributed by atoms with Gasteiger partial charge < -0.3 is 10.1 Å². The molecule has 1 N–H and O–H groups in total. The molecule has 5 heteroatoms. The topological polar surface area (TPSA) is 51.5 Å². The van der Waals surface area contributed by atoms with Gasteiger partial charge in [0.05, 0.1) is 7.11 Å². The van der Waals surface area contributed by atoms with Gasteiger partial charge in [-0.25, -0.2) is 9.50 Å². The molecule has 0 aliphatic carbocycles. The fourth-order valence-electron chi connectivity index (χ4n) is 3.12. The molecule has 0 amide bonds. The van der Waals surface area contributed by atoms with E-state index in [2.05, 4.69) is 17.4 Å². The van der Waals surface area contributed by atoms with Crippen LogP contribution in [0, 0.1) is 0 Å². The quantitative estimate of drug-likeness (QED) is 0.808. The van der Waals surface area contributed by atoms with Gasteiger partial charge >= 0.3 is 0 Å². The maximum absolute atomic E-state index is 5.31. The van der Waals surface area contributed by atoms with Crippen LogP contribution in [0.25, 0.3) is 16.8 Å². The van der Waals surface area contributed by atoms with Gasteiger partial charge in [0.25, 0.3) is 0 Å². The lowest BCUT2D eigenvalue weighted by Gasteiger charge is -2.19. The minimum atomic E-state index is 0.420. The van der Waals surface area contributed by atoms with E-state index in [1.165, 1.54) is 6.42 Å². The third-order valence-corrected chi connectivity index (χ3v) is 4.41. The molecule has 118 valence electrons. The van der Waals surface area contributed by atoms with Gasteiger partial charge in [0, 0.05) is 24.2 Å². The van der Waals surface area contributed by atoms with E-state index < -0.39 is 0 Å². The summed E-state index contributed by atoms with van der Waals surface area (Å²) in [6.45, 7) is 2.07. The van der Waals surface area contributed by atoms with E-state index in [0.717, 1.165) is 47.9 Å². The summed E-state index contributed by atoms with van der Waals surface area (Å²) in [5, 5.41) is 8.12. The van der Waals surface area contributed by atoms with Gasteiger partial charge in [-0.1, -0.05) is 12.1 Å². The fraction of sp³-hybridized carbons (Fsp3) is 0.333. The SMILES string of the molecule is COc1cccc(-c2ccc3nc([C@H]4CCCNC4)nn3c2)c1. The van der Waals surface area contributed by atoms with Crippen LogP contribution >= 0.6 is 0 Å². The Morgan fingerprint density at radius 3 is 3.00 bits per heavy atom. The normalized spacial score (nSPS) is 18.2. The molecule has 23 heavy (non-hydrogen) atoms. The summed E-state index contributed by atoms with van der Waals surface area (Å²) in [4.78, 5) is 4.69. The Labute approximate surface area is 135 Å². The van der Waals surface area contributed by atoms with E-state index in [1.807, 2.05) is 35.0 Å². The lowest BCUT2D eigenvalue weighted by atomic mass is 9.99. The Bertz CT molecular complexity index is 821. The van der Waals surface area contributed by atoms with Crippen LogP contribution in [0.5, 0.6) is 5.75 Å². The maximum Gasteiger partial charge on any atom is 0.156 e. The summed E-state index contributed by atoms with van der Waals surface area (Å²) < 4.78 is 7.19. The average molecular weight is 308 g/mol. The van der Waals surface area contributed by atoms with Gasteiger partial charge in [0.2, 0.25) is 0 Å². The number of aromatic nitrogens is 3. The van der Waals surface area contributed by atoms with Gasteiger partial charge in [-0.15, -0.1) is 0 Å². The van der Waals surface area contributed by atoms with E-state index in [0.29, 0.717) is 5.92 Å². The number of methoxy groups -OCH3 is 1. The lowest BCUT2D eigenvalue weighted by molar-refractivity contribution is 0.415. The molecule has 0 bridgehead atoms. The summed E-state index contributed by atoms with van der Waals surface area (Å²) in [5.74, 6) is 2.22. The number of rotatable bonds is 3. The molecule has 2 aromatic heterocycles. The zero-order valence-electron chi connectivity index (χ0n) is 13.2. The van der Waals surface area contributed by atoms with E-state index in [4.69, 9.17) is 14.8 Å². The van der Waals surface area contributed by atoms with Crippen molar-refractivity contribution in [2.75, 3.05) is 20.2 Å². The molecule has 4 rings (SSSR count). The van der Waals surface area contributed by atoms with Crippen LogP contribution in [-0.2, 0) is 0 Å². The summed E-state index contributed by atoms with van der Waals surface area (Å²) in [5.41, 5.74) is 3.12. The largest absolute Gasteiger partial charge is 0.497 e. The molecule has 0 radical (unpaired) electrons. The molecule has 0 saturated carbocycles. The van der Waals surface area contributed by atoms with Crippen LogP contribution in [0.2, 0.25) is 0 Å². The molecule has 1 fully saturated rings. The number of nitrogens with one attached hydrogen (secondary N) is 1. The van der Waals surface area contributed by atoms with E-state index in [-0.39, 0.29) is 0 Å². The van der Waals surface area contributed by atoms with Gasteiger partial charge in [0.15, 0.2) is 11.5 Å². The van der Waals surface area contributed by atoms with Crippen molar-refractivity contribution in [1.82, 2.24) is 19.9 Å². The highest BCUT2D eigenvalue weighted by Crippen LogP contribution is 2.25. The predicted molar refractivity (Wildman–Crippen MR) is 89.8 cm³/mol. The number of nitrogens with zero attached hydrogens (tertiary/aromatic N) is 3. The minimum absolute atomic E-state index is 0.420. The number of hydrogen-bond acceptors (Lipinski definition) is 4. The molecule has 3 aromatic rings. The summed E-state index contributed by atoms with van der Waals surface area (Å²) in [6.07, 6.45) is 4.39. The van der Waals surface area contributed by atoms with Gasteiger partial charge in [-0.2, -0.15) is 5.10 Å². The van der Waals surface area contributed by atoms with Crippen LogP contribution in [0.15, 0.2) is 42.6 Å².